The third kappa shape index (κ3) is 3.81. The molecule has 6 heteroatoms. The Morgan fingerprint density at radius 3 is 2.85 bits per heavy atom. The number of rotatable bonds is 4. The molecule has 2 atom stereocenters. The van der Waals surface area contributed by atoms with E-state index in [0.717, 1.165) is 24.0 Å². The van der Waals surface area contributed by atoms with Gasteiger partial charge in [-0.3, -0.25) is 0 Å². The summed E-state index contributed by atoms with van der Waals surface area (Å²) >= 11 is 1.54. The lowest BCUT2D eigenvalue weighted by molar-refractivity contribution is 0.0285. The normalized spacial score (nSPS) is 17.4. The van der Waals surface area contributed by atoms with Crippen LogP contribution in [0.3, 0.4) is 0 Å². The van der Waals surface area contributed by atoms with E-state index in [1.165, 1.54) is 16.9 Å². The van der Waals surface area contributed by atoms with Crippen molar-refractivity contribution in [1.82, 2.24) is 10.2 Å². The minimum atomic E-state index is -0.595. The summed E-state index contributed by atoms with van der Waals surface area (Å²) in [6.07, 6.45) is 2.68. The summed E-state index contributed by atoms with van der Waals surface area (Å²) in [6, 6.07) is 9.82. The fraction of sp³-hybridized carbons (Fsp3) is 0.381. The van der Waals surface area contributed by atoms with Crippen molar-refractivity contribution in [3.63, 3.8) is 0 Å². The van der Waals surface area contributed by atoms with E-state index in [-0.39, 0.29) is 5.97 Å². The third-order valence-corrected chi connectivity index (χ3v) is 6.12. The number of aryl methyl sites for hydroxylation is 2. The molecular formula is C21H22N2O3S. The van der Waals surface area contributed by atoms with Crippen LogP contribution < -0.4 is 0 Å². The number of aromatic nitrogens is 2. The topological polar surface area (TPSA) is 65.2 Å². The molecule has 140 valence electrons. The molecule has 2 aromatic heterocycles. The predicted molar refractivity (Wildman–Crippen MR) is 104 cm³/mol. The monoisotopic (exact) mass is 382 g/mol. The molecule has 5 nitrogen and oxygen atoms in total. The fourth-order valence-corrected chi connectivity index (χ4v) is 4.38. The largest absolute Gasteiger partial charge is 0.448 e. The highest BCUT2D eigenvalue weighted by Crippen LogP contribution is 2.33. The van der Waals surface area contributed by atoms with Crippen LogP contribution in [0.1, 0.15) is 57.9 Å². The van der Waals surface area contributed by atoms with Crippen LogP contribution in [0.25, 0.3) is 11.5 Å². The van der Waals surface area contributed by atoms with Crippen molar-refractivity contribution in [2.75, 3.05) is 0 Å². The van der Waals surface area contributed by atoms with Crippen LogP contribution in [0.15, 0.2) is 34.7 Å². The lowest BCUT2D eigenvalue weighted by Gasteiger charge is -2.16. The molecule has 0 amide bonds. The number of hydrogen-bond donors (Lipinski definition) is 0. The predicted octanol–water partition coefficient (Wildman–Crippen LogP) is 5.15. The molecule has 0 spiro atoms. The Labute approximate surface area is 162 Å². The fourth-order valence-electron chi connectivity index (χ4n) is 3.29. The molecule has 0 fully saturated rings. The average molecular weight is 382 g/mol. The van der Waals surface area contributed by atoms with Crippen LogP contribution >= 0.6 is 11.3 Å². The Hall–Kier alpha value is -2.47. The van der Waals surface area contributed by atoms with Crippen molar-refractivity contribution in [2.24, 2.45) is 5.92 Å². The van der Waals surface area contributed by atoms with Gasteiger partial charge in [-0.25, -0.2) is 4.79 Å². The summed E-state index contributed by atoms with van der Waals surface area (Å²) in [4.78, 5) is 14.5. The third-order valence-electron chi connectivity index (χ3n) is 4.90. The summed E-state index contributed by atoms with van der Waals surface area (Å²) in [5.74, 6) is 1.07. The van der Waals surface area contributed by atoms with Crippen LogP contribution in [0.4, 0.5) is 0 Å². The van der Waals surface area contributed by atoms with Crippen LogP contribution in [0.5, 0.6) is 0 Å². The van der Waals surface area contributed by atoms with Crippen LogP contribution in [0.2, 0.25) is 0 Å². The molecule has 0 aliphatic heterocycles. The summed E-state index contributed by atoms with van der Waals surface area (Å²) in [7, 11) is 0. The molecule has 1 aliphatic carbocycles. The van der Waals surface area contributed by atoms with E-state index in [4.69, 9.17) is 9.15 Å². The van der Waals surface area contributed by atoms with Crippen molar-refractivity contribution >= 4 is 17.3 Å². The molecule has 1 aromatic carbocycles. The number of nitrogens with zero attached hydrogens (tertiary/aromatic N) is 2. The van der Waals surface area contributed by atoms with Gasteiger partial charge in [-0.1, -0.05) is 24.6 Å². The van der Waals surface area contributed by atoms with Gasteiger partial charge < -0.3 is 9.15 Å². The van der Waals surface area contributed by atoms with Crippen molar-refractivity contribution in [3.05, 3.63) is 57.1 Å². The maximum atomic E-state index is 12.5. The molecule has 0 unspecified atom stereocenters. The standard InChI is InChI=1S/C21H22N2O3S/c1-12-4-7-15(8-5-12)20-23-22-19(26-20)14(3)25-21(24)18-11-16-10-13(2)6-9-17(16)27-18/h4-5,7-8,11,13-14H,6,9-10H2,1-3H3/t13-,14+/m1/s1. The average Bonchev–Trinajstić information content (AvgIpc) is 3.29. The van der Waals surface area contributed by atoms with Gasteiger partial charge in [-0.2, -0.15) is 0 Å². The zero-order valence-electron chi connectivity index (χ0n) is 15.7. The Morgan fingerprint density at radius 2 is 2.07 bits per heavy atom. The highest BCUT2D eigenvalue weighted by Gasteiger charge is 2.24. The molecule has 0 saturated carbocycles. The zero-order valence-corrected chi connectivity index (χ0v) is 16.5. The number of ether oxygens (including phenoxy) is 1. The van der Waals surface area contributed by atoms with E-state index in [2.05, 4.69) is 17.1 Å². The van der Waals surface area contributed by atoms with Crippen molar-refractivity contribution < 1.29 is 13.9 Å². The molecule has 1 aliphatic rings. The van der Waals surface area contributed by atoms with Gasteiger partial charge in [-0.15, -0.1) is 21.5 Å². The van der Waals surface area contributed by atoms with Crippen molar-refractivity contribution in [3.8, 4) is 11.5 Å². The van der Waals surface area contributed by atoms with Crippen LogP contribution in [-0.2, 0) is 17.6 Å². The molecule has 27 heavy (non-hydrogen) atoms. The van der Waals surface area contributed by atoms with Gasteiger partial charge in [0, 0.05) is 10.4 Å². The van der Waals surface area contributed by atoms with Gasteiger partial charge in [0.15, 0.2) is 6.10 Å². The van der Waals surface area contributed by atoms with Gasteiger partial charge in [0.25, 0.3) is 5.89 Å². The van der Waals surface area contributed by atoms with Crippen molar-refractivity contribution in [1.29, 1.82) is 0 Å². The minimum absolute atomic E-state index is 0.300. The smallest absolute Gasteiger partial charge is 0.349 e. The first kappa shape index (κ1) is 17.9. The summed E-state index contributed by atoms with van der Waals surface area (Å²) in [6.45, 7) is 6.02. The Bertz CT molecular complexity index is 958. The quantitative estimate of drug-likeness (QED) is 0.584. The Morgan fingerprint density at radius 1 is 1.30 bits per heavy atom. The highest BCUT2D eigenvalue weighted by molar-refractivity contribution is 7.14. The van der Waals surface area contributed by atoms with E-state index < -0.39 is 6.10 Å². The Balaban J connectivity index is 1.45. The number of thiophene rings is 1. The van der Waals surface area contributed by atoms with E-state index in [0.29, 0.717) is 22.6 Å². The van der Waals surface area contributed by atoms with E-state index in [1.807, 2.05) is 37.3 Å². The second kappa shape index (κ2) is 7.27. The van der Waals surface area contributed by atoms with Crippen LogP contribution in [0, 0.1) is 12.8 Å². The lowest BCUT2D eigenvalue weighted by atomic mass is 9.90. The first-order chi connectivity index (χ1) is 13.0. The number of benzene rings is 1. The zero-order chi connectivity index (χ0) is 19.0. The highest BCUT2D eigenvalue weighted by atomic mass is 32.1. The van der Waals surface area contributed by atoms with Gasteiger partial charge in [-0.05, 0) is 62.8 Å². The molecule has 0 N–H and O–H groups in total. The summed E-state index contributed by atoms with van der Waals surface area (Å²) in [5, 5.41) is 8.12. The second-order valence-corrected chi connectivity index (χ2v) is 8.40. The van der Waals surface area contributed by atoms with Crippen molar-refractivity contribution in [2.45, 2.75) is 46.1 Å². The molecule has 0 radical (unpaired) electrons. The lowest BCUT2D eigenvalue weighted by Crippen LogP contribution is -2.08. The van der Waals surface area contributed by atoms with Crippen LogP contribution in [-0.4, -0.2) is 16.2 Å². The van der Waals surface area contributed by atoms with Gasteiger partial charge in [0.2, 0.25) is 5.89 Å². The van der Waals surface area contributed by atoms with Gasteiger partial charge in [0.1, 0.15) is 4.88 Å². The number of carbonyl (C=O) groups is 1. The Kier molecular flexibility index (Phi) is 4.83. The minimum Gasteiger partial charge on any atom is -0.448 e. The molecule has 2 heterocycles. The second-order valence-electron chi connectivity index (χ2n) is 7.27. The summed E-state index contributed by atoms with van der Waals surface area (Å²) < 4.78 is 11.3. The molecule has 3 aromatic rings. The maximum absolute atomic E-state index is 12.5. The number of carbonyl (C=O) groups excluding carboxylic acids is 1. The SMILES string of the molecule is Cc1ccc(-c2nnc([C@H](C)OC(=O)c3cc4c(s3)CC[C@@H](C)C4)o2)cc1. The molecule has 0 bridgehead atoms. The maximum Gasteiger partial charge on any atom is 0.349 e. The van der Waals surface area contributed by atoms with Gasteiger partial charge >= 0.3 is 5.97 Å². The van der Waals surface area contributed by atoms with E-state index >= 15 is 0 Å². The molecular weight excluding hydrogens is 360 g/mol. The number of esters is 1. The number of fused-ring (bicyclic) bond motifs is 1. The van der Waals surface area contributed by atoms with E-state index in [1.54, 1.807) is 18.3 Å². The number of hydrogen-bond acceptors (Lipinski definition) is 6. The summed E-state index contributed by atoms with van der Waals surface area (Å²) in [5.41, 5.74) is 3.30. The van der Waals surface area contributed by atoms with Gasteiger partial charge in [0.05, 0.1) is 0 Å². The molecule has 0 saturated heterocycles. The van der Waals surface area contributed by atoms with E-state index in [9.17, 15) is 4.79 Å². The first-order valence-corrected chi connectivity index (χ1v) is 10.0. The first-order valence-electron chi connectivity index (χ1n) is 9.22. The molecule has 4 rings (SSSR count).